The summed E-state index contributed by atoms with van der Waals surface area (Å²) in [6.07, 6.45) is 2.53. The molecule has 2 atom stereocenters. The standard InChI is InChI=1S/C15H29N3O2/c1-5-11(4)13(16)14(19)17-12-6-8-18(9-7-12)15(20)10(2)3/h10-13H,5-9,16H2,1-4H3,(H,17,19)/t11-,13-/m0/s1. The summed E-state index contributed by atoms with van der Waals surface area (Å²) < 4.78 is 0. The van der Waals surface area contributed by atoms with Gasteiger partial charge in [0.15, 0.2) is 0 Å². The fourth-order valence-electron chi connectivity index (χ4n) is 2.42. The molecule has 3 N–H and O–H groups in total. The van der Waals surface area contributed by atoms with E-state index in [2.05, 4.69) is 5.32 Å². The molecular weight excluding hydrogens is 254 g/mol. The SMILES string of the molecule is CC[C@H](C)[C@H](N)C(=O)NC1CCN(C(=O)C(C)C)CC1. The molecule has 1 rings (SSSR count). The molecular formula is C15H29N3O2. The summed E-state index contributed by atoms with van der Waals surface area (Å²) in [5.74, 6) is 0.372. The zero-order valence-corrected chi connectivity index (χ0v) is 13.2. The summed E-state index contributed by atoms with van der Waals surface area (Å²) in [6.45, 7) is 9.31. The molecule has 0 radical (unpaired) electrons. The van der Waals surface area contributed by atoms with Gasteiger partial charge in [0.05, 0.1) is 6.04 Å². The fraction of sp³-hybridized carbons (Fsp3) is 0.867. The maximum Gasteiger partial charge on any atom is 0.237 e. The van der Waals surface area contributed by atoms with Crippen LogP contribution in [0.1, 0.15) is 47.0 Å². The van der Waals surface area contributed by atoms with Crippen LogP contribution in [0.5, 0.6) is 0 Å². The number of carbonyl (C=O) groups is 2. The molecule has 0 aromatic heterocycles. The van der Waals surface area contributed by atoms with E-state index in [1.807, 2.05) is 32.6 Å². The Morgan fingerprint density at radius 3 is 2.25 bits per heavy atom. The maximum atomic E-state index is 12.0. The average molecular weight is 283 g/mol. The van der Waals surface area contributed by atoms with Crippen molar-refractivity contribution in [1.82, 2.24) is 10.2 Å². The lowest BCUT2D eigenvalue weighted by molar-refractivity contribution is -0.135. The second-order valence-electron chi connectivity index (χ2n) is 6.17. The Balaban J connectivity index is 2.39. The first-order valence-electron chi connectivity index (χ1n) is 7.71. The van der Waals surface area contributed by atoms with Gasteiger partial charge in [0.25, 0.3) is 0 Å². The monoisotopic (exact) mass is 283 g/mol. The molecule has 1 saturated heterocycles. The number of rotatable bonds is 5. The molecule has 0 saturated carbocycles. The summed E-state index contributed by atoms with van der Waals surface area (Å²) >= 11 is 0. The highest BCUT2D eigenvalue weighted by molar-refractivity contribution is 5.82. The van der Waals surface area contributed by atoms with Gasteiger partial charge in [0.2, 0.25) is 11.8 Å². The predicted molar refractivity (Wildman–Crippen MR) is 80.0 cm³/mol. The number of nitrogens with zero attached hydrogens (tertiary/aromatic N) is 1. The third-order valence-electron chi connectivity index (χ3n) is 4.21. The van der Waals surface area contributed by atoms with E-state index in [-0.39, 0.29) is 29.7 Å². The quantitative estimate of drug-likeness (QED) is 0.794. The molecule has 20 heavy (non-hydrogen) atoms. The van der Waals surface area contributed by atoms with Gasteiger partial charge in [-0.1, -0.05) is 34.1 Å². The van der Waals surface area contributed by atoms with E-state index in [4.69, 9.17) is 5.73 Å². The molecule has 5 heteroatoms. The van der Waals surface area contributed by atoms with Gasteiger partial charge in [-0.05, 0) is 18.8 Å². The topological polar surface area (TPSA) is 75.4 Å². The van der Waals surface area contributed by atoms with Gasteiger partial charge in [0, 0.05) is 25.0 Å². The number of likely N-dealkylation sites (tertiary alicyclic amines) is 1. The van der Waals surface area contributed by atoms with Crippen molar-refractivity contribution in [3.05, 3.63) is 0 Å². The van der Waals surface area contributed by atoms with Crippen LogP contribution in [-0.2, 0) is 9.59 Å². The molecule has 5 nitrogen and oxygen atoms in total. The van der Waals surface area contributed by atoms with Crippen molar-refractivity contribution < 1.29 is 9.59 Å². The Labute approximate surface area is 122 Å². The Hall–Kier alpha value is -1.10. The van der Waals surface area contributed by atoms with Crippen LogP contribution >= 0.6 is 0 Å². The third-order valence-corrected chi connectivity index (χ3v) is 4.21. The van der Waals surface area contributed by atoms with Gasteiger partial charge in [-0.15, -0.1) is 0 Å². The van der Waals surface area contributed by atoms with E-state index >= 15 is 0 Å². The first-order chi connectivity index (χ1) is 9.36. The number of nitrogens with two attached hydrogens (primary N) is 1. The van der Waals surface area contributed by atoms with Crippen LogP contribution in [0.4, 0.5) is 0 Å². The molecule has 0 aliphatic carbocycles. The molecule has 0 unspecified atom stereocenters. The fourth-order valence-corrected chi connectivity index (χ4v) is 2.42. The van der Waals surface area contributed by atoms with Gasteiger partial charge in [-0.2, -0.15) is 0 Å². The molecule has 1 fully saturated rings. The van der Waals surface area contributed by atoms with Gasteiger partial charge in [-0.25, -0.2) is 0 Å². The molecule has 1 heterocycles. The van der Waals surface area contributed by atoms with E-state index in [9.17, 15) is 9.59 Å². The lowest BCUT2D eigenvalue weighted by Crippen LogP contribution is -2.52. The van der Waals surface area contributed by atoms with E-state index in [0.717, 1.165) is 32.4 Å². The molecule has 0 spiro atoms. The van der Waals surface area contributed by atoms with E-state index in [1.165, 1.54) is 0 Å². The lowest BCUT2D eigenvalue weighted by atomic mass is 9.97. The molecule has 1 aliphatic heterocycles. The van der Waals surface area contributed by atoms with E-state index in [1.54, 1.807) is 0 Å². The minimum absolute atomic E-state index is 0.0416. The summed E-state index contributed by atoms with van der Waals surface area (Å²) in [6, 6.07) is -0.288. The number of hydrogen-bond acceptors (Lipinski definition) is 3. The number of amides is 2. The Morgan fingerprint density at radius 1 is 1.25 bits per heavy atom. The molecule has 0 bridgehead atoms. The summed E-state index contributed by atoms with van der Waals surface area (Å²) in [4.78, 5) is 25.8. The minimum atomic E-state index is -0.435. The summed E-state index contributed by atoms with van der Waals surface area (Å²) in [5.41, 5.74) is 5.93. The van der Waals surface area contributed by atoms with Crippen molar-refractivity contribution in [3.8, 4) is 0 Å². The second-order valence-corrected chi connectivity index (χ2v) is 6.17. The summed E-state index contributed by atoms with van der Waals surface area (Å²) in [7, 11) is 0. The van der Waals surface area contributed by atoms with Crippen LogP contribution in [0.2, 0.25) is 0 Å². The molecule has 0 aromatic rings. The van der Waals surface area contributed by atoms with Gasteiger partial charge in [0.1, 0.15) is 0 Å². The van der Waals surface area contributed by atoms with Gasteiger partial charge in [-0.3, -0.25) is 9.59 Å². The first-order valence-corrected chi connectivity index (χ1v) is 7.71. The van der Waals surface area contributed by atoms with Crippen LogP contribution in [0, 0.1) is 11.8 Å². The summed E-state index contributed by atoms with van der Waals surface area (Å²) in [5, 5.41) is 3.02. The van der Waals surface area contributed by atoms with Crippen molar-refractivity contribution in [2.24, 2.45) is 17.6 Å². The van der Waals surface area contributed by atoms with Crippen LogP contribution in [0.15, 0.2) is 0 Å². The highest BCUT2D eigenvalue weighted by Crippen LogP contribution is 2.14. The normalized spacial score (nSPS) is 19.8. The van der Waals surface area contributed by atoms with Crippen LogP contribution in [0.25, 0.3) is 0 Å². The number of piperidine rings is 1. The largest absolute Gasteiger partial charge is 0.352 e. The highest BCUT2D eigenvalue weighted by atomic mass is 16.2. The van der Waals surface area contributed by atoms with Crippen molar-refractivity contribution >= 4 is 11.8 Å². The second kappa shape index (κ2) is 7.62. The maximum absolute atomic E-state index is 12.0. The Morgan fingerprint density at radius 2 is 1.80 bits per heavy atom. The Kier molecular flexibility index (Phi) is 6.46. The predicted octanol–water partition coefficient (Wildman–Crippen LogP) is 1.12. The average Bonchev–Trinajstić information content (AvgIpc) is 2.45. The lowest BCUT2D eigenvalue weighted by Gasteiger charge is -2.34. The molecule has 116 valence electrons. The van der Waals surface area contributed by atoms with Gasteiger partial charge >= 0.3 is 0 Å². The zero-order valence-electron chi connectivity index (χ0n) is 13.2. The van der Waals surface area contributed by atoms with Crippen LogP contribution < -0.4 is 11.1 Å². The number of nitrogens with one attached hydrogen (secondary N) is 1. The van der Waals surface area contributed by atoms with E-state index in [0.29, 0.717) is 0 Å². The smallest absolute Gasteiger partial charge is 0.237 e. The molecule has 2 amide bonds. The zero-order chi connectivity index (χ0) is 15.3. The number of hydrogen-bond donors (Lipinski definition) is 2. The first kappa shape index (κ1) is 17.0. The van der Waals surface area contributed by atoms with Crippen molar-refractivity contribution in [3.63, 3.8) is 0 Å². The van der Waals surface area contributed by atoms with E-state index < -0.39 is 6.04 Å². The minimum Gasteiger partial charge on any atom is -0.352 e. The van der Waals surface area contributed by atoms with Crippen LogP contribution in [-0.4, -0.2) is 41.9 Å². The van der Waals surface area contributed by atoms with Crippen LogP contribution in [0.3, 0.4) is 0 Å². The van der Waals surface area contributed by atoms with Crippen molar-refractivity contribution in [2.75, 3.05) is 13.1 Å². The number of carbonyl (C=O) groups excluding carboxylic acids is 2. The Bertz CT molecular complexity index is 336. The van der Waals surface area contributed by atoms with Gasteiger partial charge < -0.3 is 16.0 Å². The van der Waals surface area contributed by atoms with Crippen molar-refractivity contribution in [1.29, 1.82) is 0 Å². The highest BCUT2D eigenvalue weighted by Gasteiger charge is 2.27. The molecule has 0 aromatic carbocycles. The third kappa shape index (κ3) is 4.47. The van der Waals surface area contributed by atoms with Crippen molar-refractivity contribution in [2.45, 2.75) is 59.0 Å². The molecule has 1 aliphatic rings.